The van der Waals surface area contributed by atoms with E-state index in [1.165, 1.54) is 0 Å². The quantitative estimate of drug-likeness (QED) is 0.633. The van der Waals surface area contributed by atoms with Crippen molar-refractivity contribution in [1.82, 2.24) is 0 Å². The predicted octanol–water partition coefficient (Wildman–Crippen LogP) is 1.73. The summed E-state index contributed by atoms with van der Waals surface area (Å²) in [6.07, 6.45) is 0. The molecule has 0 aliphatic heterocycles. The first kappa shape index (κ1) is 10.0. The van der Waals surface area contributed by atoms with Gasteiger partial charge >= 0.3 is 0 Å². The van der Waals surface area contributed by atoms with Crippen LogP contribution in [0.25, 0.3) is 0 Å². The Kier molecular flexibility index (Phi) is 4.35. The summed E-state index contributed by atoms with van der Waals surface area (Å²) < 4.78 is 4.66. The fourth-order valence-electron chi connectivity index (χ4n) is 0.655. The smallest absolute Gasteiger partial charge is 0.0992 e. The van der Waals surface area contributed by atoms with Crippen molar-refractivity contribution in [2.45, 2.75) is 0 Å². The maximum absolute atomic E-state index is 8.43. The molecule has 2 nitrogen and oxygen atoms in total. The molecule has 0 aromatic heterocycles. The first-order valence-electron chi connectivity index (χ1n) is 2.79. The van der Waals surface area contributed by atoms with Gasteiger partial charge in [0.25, 0.3) is 0 Å². The van der Waals surface area contributed by atoms with E-state index in [9.17, 15) is 0 Å². The molecule has 0 aliphatic carbocycles. The summed E-state index contributed by atoms with van der Waals surface area (Å²) in [6, 6.07) is 8.83. The van der Waals surface area contributed by atoms with E-state index in [2.05, 4.69) is 11.8 Å². The summed E-state index contributed by atoms with van der Waals surface area (Å²) in [7, 11) is 3.22. The second kappa shape index (κ2) is 4.77. The molecule has 0 heterocycles. The Hall–Kier alpha value is -0.984. The van der Waals surface area contributed by atoms with E-state index in [1.54, 1.807) is 24.3 Å². The van der Waals surface area contributed by atoms with Crippen molar-refractivity contribution < 1.29 is 21.5 Å². The second-order valence-corrected chi connectivity index (χ2v) is 1.78. The van der Waals surface area contributed by atoms with Crippen molar-refractivity contribution in [3.8, 4) is 11.8 Å². The molecule has 59 valence electrons. The van der Waals surface area contributed by atoms with Crippen LogP contribution >= 0.6 is 0 Å². The number of nitriles is 1. The second-order valence-electron chi connectivity index (χ2n) is 1.78. The van der Waals surface area contributed by atoms with Crippen LogP contribution in [0, 0.1) is 18.4 Å². The maximum Gasteiger partial charge on any atom is 0.0992 e. The summed E-state index contributed by atoms with van der Waals surface area (Å²) >= 11 is 0. The Bertz CT molecular complexity index is 267. The van der Waals surface area contributed by atoms with Gasteiger partial charge in [0.05, 0.1) is 17.4 Å². The number of rotatable bonds is 1. The number of hydrogen-bond donors (Lipinski definition) is 0. The average Bonchev–Trinajstić information content (AvgIpc) is 2.05. The molecule has 1 aromatic carbocycles. The van der Waals surface area contributed by atoms with Crippen LogP contribution in [0.3, 0.4) is 0 Å². The summed E-state index contributed by atoms with van der Waals surface area (Å²) in [5, 5.41) is 8.43. The third kappa shape index (κ3) is 2.62. The van der Waals surface area contributed by atoms with Gasteiger partial charge in [0.1, 0.15) is 0 Å². The third-order valence-electron chi connectivity index (χ3n) is 1.13. The minimum absolute atomic E-state index is 0. The van der Waals surface area contributed by atoms with Crippen LogP contribution in [-0.2, 0) is 16.8 Å². The van der Waals surface area contributed by atoms with Gasteiger partial charge in [0.2, 0.25) is 0 Å². The van der Waals surface area contributed by atoms with E-state index >= 15 is 0 Å². The predicted molar refractivity (Wildman–Crippen MR) is 37.1 cm³/mol. The molecule has 3 heteroatoms. The van der Waals surface area contributed by atoms with Gasteiger partial charge in [-0.25, -0.2) is 0 Å². The Morgan fingerprint density at radius 2 is 2.18 bits per heavy atom. The molecule has 1 aromatic rings. The fourth-order valence-corrected chi connectivity index (χ4v) is 0.655. The van der Waals surface area contributed by atoms with E-state index in [1.807, 2.05) is 6.07 Å². The van der Waals surface area contributed by atoms with Crippen molar-refractivity contribution in [3.63, 3.8) is 0 Å². The van der Waals surface area contributed by atoms with Gasteiger partial charge in [-0.2, -0.15) is 12.4 Å². The van der Waals surface area contributed by atoms with Crippen LogP contribution in [0.1, 0.15) is 5.56 Å². The van der Waals surface area contributed by atoms with Crippen LogP contribution in [0.15, 0.2) is 24.3 Å². The largest absolute Gasteiger partial charge is 0.665 e. The third-order valence-corrected chi connectivity index (χ3v) is 1.13. The molecule has 0 atom stereocenters. The minimum Gasteiger partial charge on any atom is -0.665 e. The van der Waals surface area contributed by atoms with Crippen molar-refractivity contribution in [2.24, 2.45) is 0 Å². The molecule has 0 aliphatic rings. The summed E-state index contributed by atoms with van der Waals surface area (Å²) in [6.45, 7) is 0. The van der Waals surface area contributed by atoms with Gasteiger partial charge in [-0.3, -0.25) is 0 Å². The van der Waals surface area contributed by atoms with Crippen LogP contribution in [-0.4, -0.2) is 0 Å². The molecule has 1 radical (unpaired) electrons. The van der Waals surface area contributed by atoms with Crippen LogP contribution < -0.4 is 4.74 Å². The van der Waals surface area contributed by atoms with Crippen LogP contribution in [0.5, 0.6) is 5.75 Å². The van der Waals surface area contributed by atoms with E-state index < -0.39 is 0 Å². The number of nitrogens with zero attached hydrogens (tertiary/aromatic N) is 1. The van der Waals surface area contributed by atoms with E-state index in [0.717, 1.165) is 0 Å². The number of hydrogen-bond acceptors (Lipinski definition) is 2. The molecule has 11 heavy (non-hydrogen) atoms. The number of ether oxygens (including phenoxy) is 1. The van der Waals surface area contributed by atoms with E-state index in [-0.39, 0.29) is 16.8 Å². The number of benzene rings is 1. The van der Waals surface area contributed by atoms with Gasteiger partial charge in [-0.1, -0.05) is 6.07 Å². The first-order chi connectivity index (χ1) is 4.86. The van der Waals surface area contributed by atoms with E-state index in [0.29, 0.717) is 11.3 Å². The zero-order chi connectivity index (χ0) is 7.40. The molecule has 0 amide bonds. The molecule has 0 bridgehead atoms. The van der Waals surface area contributed by atoms with Gasteiger partial charge < -0.3 is 4.74 Å². The Labute approximate surface area is 76.0 Å². The van der Waals surface area contributed by atoms with E-state index in [4.69, 9.17) is 5.26 Å². The van der Waals surface area contributed by atoms with Crippen LogP contribution in [0.2, 0.25) is 0 Å². The molecule has 0 saturated carbocycles. The van der Waals surface area contributed by atoms with Crippen molar-refractivity contribution in [2.75, 3.05) is 0 Å². The van der Waals surface area contributed by atoms with Gasteiger partial charge in [-0.05, 0) is 18.2 Å². The average molecular weight is 191 g/mol. The topological polar surface area (TPSA) is 33.0 Å². The SMILES string of the molecule is [CH2-]Oc1cccc(C#N)c1.[Co]. The zero-order valence-corrected chi connectivity index (χ0v) is 6.75. The molecule has 0 spiro atoms. The molecular weight excluding hydrogens is 185 g/mol. The molecule has 1 rings (SSSR count). The van der Waals surface area contributed by atoms with Crippen LogP contribution in [0.4, 0.5) is 0 Å². The standard InChI is InChI=1S/C8H6NO.Co/c1-10-8-4-2-3-7(5-8)6-9;/h2-5H,1H2;/q-1;. The molecule has 0 fully saturated rings. The fraction of sp³-hybridized carbons (Fsp3) is 0. The first-order valence-corrected chi connectivity index (χ1v) is 2.79. The molecule has 0 N–H and O–H groups in total. The Morgan fingerprint density at radius 1 is 1.45 bits per heavy atom. The summed E-state index contributed by atoms with van der Waals surface area (Å²) in [5.74, 6) is 0.610. The normalized spacial score (nSPS) is 7.64. The van der Waals surface area contributed by atoms with Crippen molar-refractivity contribution >= 4 is 0 Å². The summed E-state index contributed by atoms with van der Waals surface area (Å²) in [5.41, 5.74) is 0.584. The molecule has 0 unspecified atom stereocenters. The van der Waals surface area contributed by atoms with Crippen molar-refractivity contribution in [3.05, 3.63) is 36.9 Å². The Morgan fingerprint density at radius 3 is 2.73 bits per heavy atom. The van der Waals surface area contributed by atoms with Gasteiger partial charge in [0, 0.05) is 16.8 Å². The van der Waals surface area contributed by atoms with Crippen molar-refractivity contribution in [1.29, 1.82) is 5.26 Å². The van der Waals surface area contributed by atoms with Gasteiger partial charge in [-0.15, -0.1) is 0 Å². The summed E-state index contributed by atoms with van der Waals surface area (Å²) in [4.78, 5) is 0. The molecule has 0 saturated heterocycles. The minimum atomic E-state index is 0. The maximum atomic E-state index is 8.43. The Balaban J connectivity index is 0.000001000. The van der Waals surface area contributed by atoms with Gasteiger partial charge in [0.15, 0.2) is 0 Å². The zero-order valence-electron chi connectivity index (χ0n) is 5.71. The monoisotopic (exact) mass is 191 g/mol. The molecular formula is C8H6CoNO-.